The van der Waals surface area contributed by atoms with E-state index in [1.165, 1.54) is 31.4 Å². The Labute approximate surface area is 197 Å². The molecular weight excluding hydrogens is 497 g/mol. The first-order chi connectivity index (χ1) is 16.0. The average Bonchev–Trinajstić information content (AvgIpc) is 3.37. The lowest BCUT2D eigenvalue weighted by molar-refractivity contribution is -0.137. The molecule has 4 aromatic rings. The van der Waals surface area contributed by atoms with E-state index < -0.39 is 40.2 Å². The van der Waals surface area contributed by atoms with Crippen LogP contribution in [0.15, 0.2) is 48.5 Å². The molecule has 0 unspecified atom stereocenters. The number of halogens is 4. The van der Waals surface area contributed by atoms with Crippen LogP contribution in [0.5, 0.6) is 0 Å². The number of alkyl halides is 3. The lowest BCUT2D eigenvalue weighted by Crippen LogP contribution is -2.20. The maximum Gasteiger partial charge on any atom is 0.417 e. The number of thiophene rings is 1. The van der Waals surface area contributed by atoms with E-state index in [1.54, 1.807) is 0 Å². The molecule has 0 fully saturated rings. The minimum Gasteiger partial charge on any atom is -0.477 e. The Morgan fingerprint density at radius 2 is 1.79 bits per heavy atom. The number of aromatic nitrogens is 2. The Morgan fingerprint density at radius 1 is 1.12 bits per heavy atom. The van der Waals surface area contributed by atoms with E-state index in [0.717, 1.165) is 35.6 Å². The number of carbonyl (C=O) groups is 3. The first kappa shape index (κ1) is 23.5. The molecule has 1 N–H and O–H groups in total. The molecule has 0 amide bonds. The molecule has 0 aliphatic heterocycles. The van der Waals surface area contributed by atoms with Crippen LogP contribution in [0.25, 0.3) is 21.5 Å². The first-order valence-electron chi connectivity index (χ1n) is 9.38. The number of hydrogen-bond donors (Lipinski definition) is 1. The first-order valence-corrected chi connectivity index (χ1v) is 10.6. The molecule has 2 aromatic heterocycles. The van der Waals surface area contributed by atoms with Gasteiger partial charge < -0.3 is 9.84 Å². The molecule has 0 aliphatic rings. The highest BCUT2D eigenvalue weighted by Crippen LogP contribution is 2.38. The molecule has 2 aromatic carbocycles. The van der Waals surface area contributed by atoms with Gasteiger partial charge in [0, 0.05) is 5.56 Å². The van der Waals surface area contributed by atoms with Crippen LogP contribution >= 0.6 is 22.9 Å². The number of fused-ring (bicyclic) bond motifs is 1. The number of carbonyl (C=O) groups excluding carboxylic acids is 2. The molecule has 0 saturated heterocycles. The van der Waals surface area contributed by atoms with Gasteiger partial charge in [-0.05, 0) is 30.3 Å². The predicted octanol–water partition coefficient (Wildman–Crippen LogP) is 5.61. The molecule has 34 heavy (non-hydrogen) atoms. The van der Waals surface area contributed by atoms with E-state index in [1.807, 2.05) is 0 Å². The van der Waals surface area contributed by atoms with Gasteiger partial charge in [0.15, 0.2) is 0 Å². The standard InChI is InChI=1S/C22H12ClF3N2O5S/c1-33-21(32)11-7-5-10(6-8-11)17-18-14(9-15(34-18)20(30)31)28(27-17)19(29)16-12(22(24,25)26)3-2-4-13(16)23/h2-9H,1H3,(H,30,31). The van der Waals surface area contributed by atoms with E-state index >= 15 is 0 Å². The topological polar surface area (TPSA) is 98.5 Å². The van der Waals surface area contributed by atoms with Crippen molar-refractivity contribution in [3.63, 3.8) is 0 Å². The molecule has 0 bridgehead atoms. The summed E-state index contributed by atoms with van der Waals surface area (Å²) < 4.78 is 46.3. The van der Waals surface area contributed by atoms with Crippen LogP contribution < -0.4 is 0 Å². The maximum absolute atomic E-state index is 13.6. The van der Waals surface area contributed by atoms with Gasteiger partial charge in [-0.25, -0.2) is 9.59 Å². The van der Waals surface area contributed by atoms with Crippen molar-refractivity contribution in [3.05, 3.63) is 75.1 Å². The quantitative estimate of drug-likeness (QED) is 0.360. The summed E-state index contributed by atoms with van der Waals surface area (Å²) in [6, 6.07) is 9.98. The minimum atomic E-state index is -4.87. The van der Waals surface area contributed by atoms with Crippen molar-refractivity contribution < 1.29 is 37.4 Å². The molecule has 0 atom stereocenters. The van der Waals surface area contributed by atoms with Crippen LogP contribution in [0.4, 0.5) is 13.2 Å². The van der Waals surface area contributed by atoms with Gasteiger partial charge in [0.2, 0.25) is 0 Å². The highest BCUT2D eigenvalue weighted by molar-refractivity contribution is 7.21. The molecule has 0 radical (unpaired) electrons. The van der Waals surface area contributed by atoms with Gasteiger partial charge in [0.1, 0.15) is 10.6 Å². The Hall–Kier alpha value is -3.70. The number of aromatic carboxylic acids is 1. The van der Waals surface area contributed by atoms with Gasteiger partial charge in [-0.1, -0.05) is 29.8 Å². The minimum absolute atomic E-state index is 0.00693. The number of hydrogen-bond acceptors (Lipinski definition) is 6. The summed E-state index contributed by atoms with van der Waals surface area (Å²) in [6.45, 7) is 0. The highest BCUT2D eigenvalue weighted by Gasteiger charge is 2.37. The fraction of sp³-hybridized carbons (Fsp3) is 0.0909. The Bertz CT molecular complexity index is 1460. The Balaban J connectivity index is 1.93. The van der Waals surface area contributed by atoms with Crippen LogP contribution in [0.2, 0.25) is 5.02 Å². The third kappa shape index (κ3) is 4.03. The van der Waals surface area contributed by atoms with Gasteiger partial charge in [-0.3, -0.25) is 4.79 Å². The van der Waals surface area contributed by atoms with E-state index in [0.29, 0.717) is 10.2 Å². The Kier molecular flexibility index (Phi) is 5.92. The highest BCUT2D eigenvalue weighted by atomic mass is 35.5. The predicted molar refractivity (Wildman–Crippen MR) is 118 cm³/mol. The van der Waals surface area contributed by atoms with E-state index in [-0.39, 0.29) is 26.4 Å². The molecule has 12 heteroatoms. The van der Waals surface area contributed by atoms with Crippen molar-refractivity contribution in [1.82, 2.24) is 9.78 Å². The summed E-state index contributed by atoms with van der Waals surface area (Å²) in [5, 5.41) is 13.2. The fourth-order valence-corrected chi connectivity index (χ4v) is 4.56. The monoisotopic (exact) mass is 508 g/mol. The fourth-order valence-electron chi connectivity index (χ4n) is 3.32. The lowest BCUT2D eigenvalue weighted by Gasteiger charge is -2.13. The van der Waals surface area contributed by atoms with Crippen molar-refractivity contribution in [3.8, 4) is 11.3 Å². The summed E-state index contributed by atoms with van der Waals surface area (Å²) in [5.41, 5.74) is -1.26. The normalized spacial score (nSPS) is 11.6. The largest absolute Gasteiger partial charge is 0.477 e. The van der Waals surface area contributed by atoms with E-state index in [2.05, 4.69) is 9.84 Å². The molecule has 0 spiro atoms. The molecular formula is C22H12ClF3N2O5S. The van der Waals surface area contributed by atoms with Crippen molar-refractivity contribution in [2.24, 2.45) is 0 Å². The van der Waals surface area contributed by atoms with E-state index in [9.17, 15) is 32.7 Å². The number of carboxylic acid groups (broad SMARTS) is 1. The summed E-state index contributed by atoms with van der Waals surface area (Å²) in [6.07, 6.45) is -4.87. The van der Waals surface area contributed by atoms with Gasteiger partial charge in [0.05, 0.1) is 39.0 Å². The van der Waals surface area contributed by atoms with Gasteiger partial charge in [-0.2, -0.15) is 23.0 Å². The molecule has 4 rings (SSSR count). The molecule has 174 valence electrons. The number of nitrogens with zero attached hydrogens (tertiary/aromatic N) is 2. The number of rotatable bonds is 4. The molecule has 0 aliphatic carbocycles. The Morgan fingerprint density at radius 3 is 2.38 bits per heavy atom. The molecule has 2 heterocycles. The summed E-state index contributed by atoms with van der Waals surface area (Å²) in [5.74, 6) is -3.03. The van der Waals surface area contributed by atoms with Crippen molar-refractivity contribution in [2.45, 2.75) is 6.18 Å². The summed E-state index contributed by atoms with van der Waals surface area (Å²) in [7, 11) is 1.22. The number of esters is 1. The van der Waals surface area contributed by atoms with Crippen molar-refractivity contribution in [2.75, 3.05) is 7.11 Å². The third-order valence-corrected chi connectivity index (χ3v) is 6.31. The second-order valence-corrected chi connectivity index (χ2v) is 8.38. The van der Waals surface area contributed by atoms with Crippen molar-refractivity contribution >= 4 is 51.0 Å². The number of benzene rings is 2. The second-order valence-electron chi connectivity index (χ2n) is 6.92. The molecule has 7 nitrogen and oxygen atoms in total. The van der Waals surface area contributed by atoms with Gasteiger partial charge in [0.25, 0.3) is 5.91 Å². The maximum atomic E-state index is 13.6. The zero-order valence-corrected chi connectivity index (χ0v) is 18.6. The smallest absolute Gasteiger partial charge is 0.417 e. The lowest BCUT2D eigenvalue weighted by atomic mass is 10.1. The van der Waals surface area contributed by atoms with Crippen LogP contribution in [-0.2, 0) is 10.9 Å². The van der Waals surface area contributed by atoms with Crippen LogP contribution in [-0.4, -0.2) is 39.8 Å². The van der Waals surface area contributed by atoms with Crippen LogP contribution in [0, 0.1) is 0 Å². The zero-order chi connectivity index (χ0) is 24.8. The van der Waals surface area contributed by atoms with E-state index in [4.69, 9.17) is 11.6 Å². The number of carboxylic acids is 1. The average molecular weight is 509 g/mol. The zero-order valence-electron chi connectivity index (χ0n) is 17.0. The van der Waals surface area contributed by atoms with Crippen LogP contribution in [0.1, 0.15) is 36.0 Å². The number of ether oxygens (including phenoxy) is 1. The summed E-state index contributed by atoms with van der Waals surface area (Å²) >= 11 is 6.78. The summed E-state index contributed by atoms with van der Waals surface area (Å²) in [4.78, 5) is 36.4. The van der Waals surface area contributed by atoms with Gasteiger partial charge in [-0.15, -0.1) is 11.3 Å². The number of methoxy groups -OCH3 is 1. The van der Waals surface area contributed by atoms with Crippen molar-refractivity contribution in [1.29, 1.82) is 0 Å². The SMILES string of the molecule is COC(=O)c1ccc(-c2nn(C(=O)c3c(Cl)cccc3C(F)(F)F)c3cc(C(=O)O)sc23)cc1. The molecule has 0 saturated carbocycles. The third-order valence-electron chi connectivity index (χ3n) is 4.87. The van der Waals surface area contributed by atoms with Gasteiger partial charge >= 0.3 is 18.1 Å². The second kappa shape index (κ2) is 8.58. The van der Waals surface area contributed by atoms with Crippen LogP contribution in [0.3, 0.4) is 0 Å².